The van der Waals surface area contributed by atoms with E-state index >= 15 is 0 Å². The van der Waals surface area contributed by atoms with Crippen LogP contribution in [-0.4, -0.2) is 15.1 Å². The van der Waals surface area contributed by atoms with E-state index in [0.29, 0.717) is 10.1 Å². The summed E-state index contributed by atoms with van der Waals surface area (Å²) < 4.78 is 0. The Morgan fingerprint density at radius 3 is 2.33 bits per heavy atom. The molecule has 0 spiro atoms. The van der Waals surface area contributed by atoms with Crippen LogP contribution in [0.5, 0.6) is 0 Å². The molecule has 1 aromatic rings. The first kappa shape index (κ1) is 12.8. The molecule has 0 amide bonds. The highest BCUT2D eigenvalue weighted by molar-refractivity contribution is 8.00. The lowest BCUT2D eigenvalue weighted by Gasteiger charge is -2.08. The van der Waals surface area contributed by atoms with Crippen molar-refractivity contribution in [2.24, 2.45) is 0 Å². The van der Waals surface area contributed by atoms with E-state index in [9.17, 15) is 20.2 Å². The van der Waals surface area contributed by atoms with Gasteiger partial charge in [-0.15, -0.1) is 11.8 Å². The summed E-state index contributed by atoms with van der Waals surface area (Å²) in [5.74, 6) is 0. The minimum atomic E-state index is -0.614. The molecular formula is C11H12N2O4S. The minimum Gasteiger partial charge on any atom is -0.258 e. The van der Waals surface area contributed by atoms with Gasteiger partial charge in [0.05, 0.1) is 20.8 Å². The molecule has 2 rings (SSSR count). The highest BCUT2D eigenvalue weighted by Gasteiger charge is 2.24. The molecule has 1 saturated carbocycles. The second kappa shape index (κ2) is 5.34. The molecule has 0 saturated heterocycles. The van der Waals surface area contributed by atoms with E-state index < -0.39 is 9.85 Å². The topological polar surface area (TPSA) is 86.3 Å². The molecular weight excluding hydrogens is 256 g/mol. The van der Waals surface area contributed by atoms with Crippen LogP contribution in [0.2, 0.25) is 0 Å². The summed E-state index contributed by atoms with van der Waals surface area (Å²) in [7, 11) is 0. The van der Waals surface area contributed by atoms with Crippen LogP contribution >= 0.6 is 11.8 Å². The van der Waals surface area contributed by atoms with Crippen molar-refractivity contribution in [1.82, 2.24) is 0 Å². The second-order valence-corrected chi connectivity index (χ2v) is 5.53. The zero-order chi connectivity index (χ0) is 13.1. The summed E-state index contributed by atoms with van der Waals surface area (Å²) in [6, 6.07) is 3.85. The lowest BCUT2D eigenvalue weighted by molar-refractivity contribution is -0.396. The van der Waals surface area contributed by atoms with Gasteiger partial charge in [0.15, 0.2) is 0 Å². The molecule has 1 fully saturated rings. The molecule has 0 aliphatic heterocycles. The molecule has 0 radical (unpaired) electrons. The van der Waals surface area contributed by atoms with Gasteiger partial charge >= 0.3 is 0 Å². The monoisotopic (exact) mass is 268 g/mol. The molecule has 0 unspecified atom stereocenters. The maximum absolute atomic E-state index is 10.9. The van der Waals surface area contributed by atoms with E-state index in [1.54, 1.807) is 0 Å². The molecule has 1 aromatic carbocycles. The Balaban J connectivity index is 2.28. The average Bonchev–Trinajstić information content (AvgIpc) is 2.81. The van der Waals surface area contributed by atoms with E-state index in [2.05, 4.69) is 0 Å². The lowest BCUT2D eigenvalue weighted by Crippen LogP contribution is -1.98. The van der Waals surface area contributed by atoms with Gasteiger partial charge in [-0.25, -0.2) is 0 Å². The summed E-state index contributed by atoms with van der Waals surface area (Å²) in [6.07, 6.45) is 4.41. The summed E-state index contributed by atoms with van der Waals surface area (Å²) in [4.78, 5) is 20.9. The Labute approximate surface area is 108 Å². The van der Waals surface area contributed by atoms with Gasteiger partial charge in [0.1, 0.15) is 0 Å². The quantitative estimate of drug-likeness (QED) is 0.615. The highest BCUT2D eigenvalue weighted by Crippen LogP contribution is 2.40. The van der Waals surface area contributed by atoms with E-state index in [1.165, 1.54) is 23.9 Å². The molecule has 0 heterocycles. The number of nitrogens with zero attached hydrogens (tertiary/aromatic N) is 2. The largest absolute Gasteiger partial charge is 0.289 e. The molecule has 96 valence electrons. The Morgan fingerprint density at radius 1 is 1.11 bits per heavy atom. The average molecular weight is 268 g/mol. The first-order valence-electron chi connectivity index (χ1n) is 5.67. The van der Waals surface area contributed by atoms with Crippen LogP contribution in [0.4, 0.5) is 11.4 Å². The van der Waals surface area contributed by atoms with Crippen molar-refractivity contribution in [2.75, 3.05) is 0 Å². The molecule has 0 bridgehead atoms. The number of hydrogen-bond donors (Lipinski definition) is 0. The van der Waals surface area contributed by atoms with Crippen molar-refractivity contribution in [3.8, 4) is 0 Å². The van der Waals surface area contributed by atoms with Crippen LogP contribution in [0.3, 0.4) is 0 Å². The van der Waals surface area contributed by atoms with E-state index in [4.69, 9.17) is 0 Å². The fraction of sp³-hybridized carbons (Fsp3) is 0.455. The molecule has 0 aromatic heterocycles. The third-order valence-corrected chi connectivity index (χ3v) is 4.35. The number of nitro benzene ring substituents is 2. The summed E-state index contributed by atoms with van der Waals surface area (Å²) in [5, 5.41) is 21.9. The van der Waals surface area contributed by atoms with Crippen molar-refractivity contribution < 1.29 is 9.85 Å². The van der Waals surface area contributed by atoms with E-state index in [1.807, 2.05) is 0 Å². The fourth-order valence-corrected chi connectivity index (χ4v) is 3.38. The van der Waals surface area contributed by atoms with Crippen LogP contribution in [0, 0.1) is 20.2 Å². The predicted octanol–water partition coefficient (Wildman–Crippen LogP) is 3.54. The number of thioether (sulfide) groups is 1. The van der Waals surface area contributed by atoms with Gasteiger partial charge in [-0.1, -0.05) is 12.8 Å². The van der Waals surface area contributed by atoms with Gasteiger partial charge in [-0.05, 0) is 18.9 Å². The number of hydrogen-bond acceptors (Lipinski definition) is 5. The second-order valence-electron chi connectivity index (χ2n) is 4.19. The molecule has 1 aliphatic carbocycles. The SMILES string of the molecule is O=[N+]([O-])c1ccc(SC2CCCC2)c([N+](=O)[O-])c1. The van der Waals surface area contributed by atoms with Crippen molar-refractivity contribution in [2.45, 2.75) is 35.8 Å². The highest BCUT2D eigenvalue weighted by atomic mass is 32.2. The van der Waals surface area contributed by atoms with E-state index in [0.717, 1.165) is 31.7 Å². The normalized spacial score (nSPS) is 15.8. The van der Waals surface area contributed by atoms with Gasteiger partial charge in [-0.3, -0.25) is 20.2 Å². The van der Waals surface area contributed by atoms with Crippen molar-refractivity contribution >= 4 is 23.1 Å². The predicted molar refractivity (Wildman–Crippen MR) is 67.9 cm³/mol. The standard InChI is InChI=1S/C11H12N2O4S/c14-12(15)8-5-6-11(10(7-8)13(16)17)18-9-3-1-2-4-9/h5-7,9H,1-4H2. The Hall–Kier alpha value is -1.63. The van der Waals surface area contributed by atoms with Gasteiger partial charge in [0.25, 0.3) is 11.4 Å². The zero-order valence-electron chi connectivity index (χ0n) is 9.57. The fourth-order valence-electron chi connectivity index (χ4n) is 2.05. The molecule has 0 N–H and O–H groups in total. The Kier molecular flexibility index (Phi) is 3.81. The van der Waals surface area contributed by atoms with Crippen molar-refractivity contribution in [3.05, 3.63) is 38.4 Å². The summed E-state index contributed by atoms with van der Waals surface area (Å²) >= 11 is 1.46. The molecule has 18 heavy (non-hydrogen) atoms. The van der Waals surface area contributed by atoms with Crippen molar-refractivity contribution in [1.29, 1.82) is 0 Å². The van der Waals surface area contributed by atoms with Crippen LogP contribution in [-0.2, 0) is 0 Å². The number of benzene rings is 1. The third-order valence-electron chi connectivity index (χ3n) is 2.95. The first-order valence-corrected chi connectivity index (χ1v) is 6.55. The van der Waals surface area contributed by atoms with Gasteiger partial charge in [-0.2, -0.15) is 0 Å². The smallest absolute Gasteiger partial charge is 0.258 e. The molecule has 6 nitrogen and oxygen atoms in total. The van der Waals surface area contributed by atoms with Crippen LogP contribution in [0.15, 0.2) is 23.1 Å². The Bertz CT molecular complexity index is 486. The van der Waals surface area contributed by atoms with Crippen LogP contribution < -0.4 is 0 Å². The summed E-state index contributed by atoms with van der Waals surface area (Å²) in [6.45, 7) is 0. The van der Waals surface area contributed by atoms with Crippen LogP contribution in [0.1, 0.15) is 25.7 Å². The minimum absolute atomic E-state index is 0.166. The molecule has 7 heteroatoms. The zero-order valence-corrected chi connectivity index (χ0v) is 10.4. The summed E-state index contributed by atoms with van der Waals surface area (Å²) in [5.41, 5.74) is -0.404. The third kappa shape index (κ3) is 2.79. The number of non-ortho nitro benzene ring substituents is 1. The maximum Gasteiger partial charge on any atom is 0.289 e. The van der Waals surface area contributed by atoms with E-state index in [-0.39, 0.29) is 11.4 Å². The Morgan fingerprint density at radius 2 is 1.78 bits per heavy atom. The van der Waals surface area contributed by atoms with Gasteiger partial charge in [0, 0.05) is 11.3 Å². The molecule has 0 atom stereocenters. The maximum atomic E-state index is 10.9. The van der Waals surface area contributed by atoms with Crippen LogP contribution in [0.25, 0.3) is 0 Å². The first-order chi connectivity index (χ1) is 8.58. The number of rotatable bonds is 4. The lowest BCUT2D eigenvalue weighted by atomic mass is 10.3. The molecule has 1 aliphatic rings. The number of nitro groups is 2. The van der Waals surface area contributed by atoms with Gasteiger partial charge in [0.2, 0.25) is 0 Å². The van der Waals surface area contributed by atoms with Gasteiger partial charge < -0.3 is 0 Å². The van der Waals surface area contributed by atoms with Crippen molar-refractivity contribution in [3.63, 3.8) is 0 Å².